The van der Waals surface area contributed by atoms with Crippen LogP contribution in [0.1, 0.15) is 70.6 Å². The minimum atomic E-state index is 0.360. The summed E-state index contributed by atoms with van der Waals surface area (Å²) in [5, 5.41) is 13.3. The molecule has 0 aromatic rings. The summed E-state index contributed by atoms with van der Waals surface area (Å²) in [4.78, 5) is 2.76. The van der Waals surface area contributed by atoms with E-state index in [0.29, 0.717) is 18.6 Å². The third kappa shape index (κ3) is 4.69. The highest BCUT2D eigenvalue weighted by atomic mass is 16.3. The Bertz CT molecular complexity index is 311. The van der Waals surface area contributed by atoms with Gasteiger partial charge < -0.3 is 10.4 Å². The summed E-state index contributed by atoms with van der Waals surface area (Å²) < 4.78 is 0. The second-order valence-corrected chi connectivity index (χ2v) is 8.12. The minimum absolute atomic E-state index is 0.360. The molecule has 3 aliphatic rings. The van der Waals surface area contributed by atoms with Crippen molar-refractivity contribution in [1.29, 1.82) is 0 Å². The molecule has 128 valence electrons. The molecule has 3 nitrogen and oxygen atoms in total. The molecular formula is C19H36N2O. The lowest BCUT2D eigenvalue weighted by Gasteiger charge is -2.42. The first-order valence-electron chi connectivity index (χ1n) is 9.93. The fraction of sp³-hybridized carbons (Fsp3) is 1.00. The van der Waals surface area contributed by atoms with Crippen LogP contribution in [0.25, 0.3) is 0 Å². The molecule has 1 heterocycles. The Morgan fingerprint density at radius 1 is 0.864 bits per heavy atom. The van der Waals surface area contributed by atoms with Crippen molar-refractivity contribution in [2.24, 2.45) is 11.8 Å². The van der Waals surface area contributed by atoms with E-state index in [2.05, 4.69) is 10.2 Å². The van der Waals surface area contributed by atoms with Crippen molar-refractivity contribution in [3.05, 3.63) is 0 Å². The van der Waals surface area contributed by atoms with Crippen LogP contribution in [0, 0.1) is 11.8 Å². The van der Waals surface area contributed by atoms with Gasteiger partial charge >= 0.3 is 0 Å². The van der Waals surface area contributed by atoms with E-state index in [-0.39, 0.29) is 0 Å². The van der Waals surface area contributed by atoms with Crippen molar-refractivity contribution in [1.82, 2.24) is 10.2 Å². The van der Waals surface area contributed by atoms with Gasteiger partial charge in [-0.3, -0.25) is 4.90 Å². The number of nitrogens with one attached hydrogen (secondary N) is 1. The van der Waals surface area contributed by atoms with Crippen molar-refractivity contribution < 1.29 is 5.11 Å². The molecule has 2 N–H and O–H groups in total. The highest BCUT2D eigenvalue weighted by Gasteiger charge is 2.32. The SMILES string of the molecule is OCCC1CC(NCC2CCCCC2)CN(C2CCCC2)C1. The lowest BCUT2D eigenvalue weighted by molar-refractivity contribution is 0.0840. The van der Waals surface area contributed by atoms with Crippen molar-refractivity contribution in [3.8, 4) is 0 Å². The molecule has 0 aromatic carbocycles. The molecule has 2 aliphatic carbocycles. The van der Waals surface area contributed by atoms with E-state index >= 15 is 0 Å². The second-order valence-electron chi connectivity index (χ2n) is 8.12. The van der Waals surface area contributed by atoms with Gasteiger partial charge in [-0.15, -0.1) is 0 Å². The number of aliphatic hydroxyl groups is 1. The monoisotopic (exact) mass is 308 g/mol. The third-order valence-corrected chi connectivity index (χ3v) is 6.36. The molecule has 3 rings (SSSR count). The molecule has 0 spiro atoms. The van der Waals surface area contributed by atoms with E-state index in [1.807, 2.05) is 0 Å². The number of aliphatic hydroxyl groups excluding tert-OH is 1. The van der Waals surface area contributed by atoms with Gasteiger partial charge in [0.15, 0.2) is 0 Å². The van der Waals surface area contributed by atoms with E-state index < -0.39 is 0 Å². The van der Waals surface area contributed by atoms with E-state index in [9.17, 15) is 5.11 Å². The Kier molecular flexibility index (Phi) is 6.58. The normalized spacial score (nSPS) is 32.6. The van der Waals surface area contributed by atoms with Crippen LogP contribution in [0.3, 0.4) is 0 Å². The van der Waals surface area contributed by atoms with Crippen molar-refractivity contribution in [2.45, 2.75) is 82.7 Å². The molecule has 2 atom stereocenters. The summed E-state index contributed by atoms with van der Waals surface area (Å²) >= 11 is 0. The maximum Gasteiger partial charge on any atom is 0.0434 e. The van der Waals surface area contributed by atoms with Crippen LogP contribution in [0.5, 0.6) is 0 Å². The lowest BCUT2D eigenvalue weighted by atomic mass is 9.87. The summed E-state index contributed by atoms with van der Waals surface area (Å²) in [6, 6.07) is 1.49. The Balaban J connectivity index is 1.49. The van der Waals surface area contributed by atoms with Gasteiger partial charge in [-0.05, 0) is 56.9 Å². The van der Waals surface area contributed by atoms with E-state index in [1.165, 1.54) is 83.8 Å². The summed E-state index contributed by atoms with van der Waals surface area (Å²) in [6.45, 7) is 4.07. The number of hydrogen-bond acceptors (Lipinski definition) is 3. The molecule has 3 fully saturated rings. The predicted octanol–water partition coefficient (Wildman–Crippen LogP) is 3.17. The molecule has 0 bridgehead atoms. The zero-order valence-corrected chi connectivity index (χ0v) is 14.3. The maximum atomic E-state index is 9.35. The third-order valence-electron chi connectivity index (χ3n) is 6.36. The predicted molar refractivity (Wildman–Crippen MR) is 92.0 cm³/mol. The summed E-state index contributed by atoms with van der Waals surface area (Å²) in [6.07, 6.45) is 15.1. The lowest BCUT2D eigenvalue weighted by Crippen LogP contribution is -2.53. The van der Waals surface area contributed by atoms with Crippen LogP contribution >= 0.6 is 0 Å². The molecule has 1 saturated heterocycles. The molecule has 2 unspecified atom stereocenters. The van der Waals surface area contributed by atoms with E-state index in [0.717, 1.165) is 18.4 Å². The Morgan fingerprint density at radius 2 is 1.59 bits per heavy atom. The fourth-order valence-electron chi connectivity index (χ4n) is 5.07. The van der Waals surface area contributed by atoms with Gasteiger partial charge in [0, 0.05) is 31.8 Å². The molecule has 3 heteroatoms. The molecule has 0 radical (unpaired) electrons. The van der Waals surface area contributed by atoms with Crippen LogP contribution in [-0.2, 0) is 0 Å². The molecule has 22 heavy (non-hydrogen) atoms. The first kappa shape index (κ1) is 16.7. The van der Waals surface area contributed by atoms with Gasteiger partial charge in [0.2, 0.25) is 0 Å². The smallest absolute Gasteiger partial charge is 0.0434 e. The van der Waals surface area contributed by atoms with Gasteiger partial charge in [-0.25, -0.2) is 0 Å². The summed E-state index contributed by atoms with van der Waals surface area (Å²) in [7, 11) is 0. The van der Waals surface area contributed by atoms with Gasteiger partial charge in [0.1, 0.15) is 0 Å². The highest BCUT2D eigenvalue weighted by Crippen LogP contribution is 2.29. The average molecular weight is 309 g/mol. The number of piperidine rings is 1. The standard InChI is InChI=1S/C19H36N2O/c22-11-10-17-12-18(20-13-16-6-2-1-3-7-16)15-21(14-17)19-8-4-5-9-19/h16-20,22H,1-15H2. The zero-order valence-electron chi connectivity index (χ0n) is 14.3. The Morgan fingerprint density at radius 3 is 2.32 bits per heavy atom. The number of hydrogen-bond donors (Lipinski definition) is 2. The van der Waals surface area contributed by atoms with Crippen LogP contribution < -0.4 is 5.32 Å². The second kappa shape index (κ2) is 8.65. The highest BCUT2D eigenvalue weighted by molar-refractivity contribution is 4.89. The largest absolute Gasteiger partial charge is 0.396 e. The quantitative estimate of drug-likeness (QED) is 0.791. The minimum Gasteiger partial charge on any atom is -0.396 e. The van der Waals surface area contributed by atoms with Crippen LogP contribution in [0.4, 0.5) is 0 Å². The van der Waals surface area contributed by atoms with Gasteiger partial charge in [0.25, 0.3) is 0 Å². The van der Waals surface area contributed by atoms with Gasteiger partial charge in [-0.1, -0.05) is 32.1 Å². The van der Waals surface area contributed by atoms with E-state index in [1.54, 1.807) is 0 Å². The topological polar surface area (TPSA) is 35.5 Å². The van der Waals surface area contributed by atoms with Gasteiger partial charge in [-0.2, -0.15) is 0 Å². The van der Waals surface area contributed by atoms with Crippen molar-refractivity contribution >= 4 is 0 Å². The molecule has 2 saturated carbocycles. The summed E-state index contributed by atoms with van der Waals surface area (Å²) in [5.41, 5.74) is 0. The average Bonchev–Trinajstić information content (AvgIpc) is 3.09. The van der Waals surface area contributed by atoms with Crippen LogP contribution in [0.2, 0.25) is 0 Å². The first-order chi connectivity index (χ1) is 10.8. The summed E-state index contributed by atoms with van der Waals surface area (Å²) in [5.74, 6) is 1.62. The maximum absolute atomic E-state index is 9.35. The Labute approximate surface area is 136 Å². The fourth-order valence-corrected chi connectivity index (χ4v) is 5.07. The van der Waals surface area contributed by atoms with Crippen LogP contribution in [0.15, 0.2) is 0 Å². The zero-order chi connectivity index (χ0) is 15.2. The molecule has 1 aliphatic heterocycles. The van der Waals surface area contributed by atoms with E-state index in [4.69, 9.17) is 0 Å². The van der Waals surface area contributed by atoms with Crippen molar-refractivity contribution in [2.75, 3.05) is 26.2 Å². The number of rotatable bonds is 6. The molecule has 0 amide bonds. The van der Waals surface area contributed by atoms with Gasteiger partial charge in [0.05, 0.1) is 0 Å². The number of likely N-dealkylation sites (tertiary alicyclic amines) is 1. The van der Waals surface area contributed by atoms with Crippen molar-refractivity contribution in [3.63, 3.8) is 0 Å². The first-order valence-corrected chi connectivity index (χ1v) is 9.93. The molecule has 0 aromatic heterocycles. The van der Waals surface area contributed by atoms with Crippen LogP contribution in [-0.4, -0.2) is 48.3 Å². The Hall–Kier alpha value is -0.120. The number of nitrogens with zero attached hydrogens (tertiary/aromatic N) is 1. The molecular weight excluding hydrogens is 272 g/mol.